The van der Waals surface area contributed by atoms with Gasteiger partial charge in [0.25, 0.3) is 0 Å². The normalized spacial score (nSPS) is 34.0. The van der Waals surface area contributed by atoms with Gasteiger partial charge in [0.2, 0.25) is 0 Å². The third-order valence-corrected chi connectivity index (χ3v) is 5.36. The van der Waals surface area contributed by atoms with Crippen LogP contribution in [-0.2, 0) is 9.47 Å². The number of likely N-dealkylation sites (tertiary alicyclic amines) is 1. The lowest BCUT2D eigenvalue weighted by Crippen LogP contribution is -2.58. The predicted octanol–water partition coefficient (Wildman–Crippen LogP) is 1.78. The summed E-state index contributed by atoms with van der Waals surface area (Å²) in [5.41, 5.74) is 6.52. The fourth-order valence-electron chi connectivity index (χ4n) is 3.97. The van der Waals surface area contributed by atoms with Crippen LogP contribution in [0.1, 0.15) is 44.9 Å². The summed E-state index contributed by atoms with van der Waals surface area (Å²) in [4.78, 5) is 2.59. The van der Waals surface area contributed by atoms with Crippen molar-refractivity contribution in [2.24, 2.45) is 11.1 Å². The quantitative estimate of drug-likeness (QED) is 0.781. The van der Waals surface area contributed by atoms with E-state index in [0.29, 0.717) is 17.6 Å². The average molecular weight is 282 g/mol. The van der Waals surface area contributed by atoms with E-state index in [1.54, 1.807) is 0 Å². The van der Waals surface area contributed by atoms with Gasteiger partial charge in [0.05, 0.1) is 6.10 Å². The van der Waals surface area contributed by atoms with Crippen LogP contribution in [0.3, 0.4) is 0 Å². The Morgan fingerprint density at radius 1 is 1.10 bits per heavy atom. The van der Waals surface area contributed by atoms with Gasteiger partial charge in [0.15, 0.2) is 0 Å². The van der Waals surface area contributed by atoms with Crippen LogP contribution in [0.4, 0.5) is 0 Å². The third-order valence-electron chi connectivity index (χ3n) is 5.36. The fraction of sp³-hybridized carbons (Fsp3) is 1.00. The Morgan fingerprint density at radius 2 is 1.80 bits per heavy atom. The van der Waals surface area contributed by atoms with E-state index < -0.39 is 0 Å². The van der Waals surface area contributed by atoms with Crippen LogP contribution < -0.4 is 5.73 Å². The lowest BCUT2D eigenvalue weighted by Gasteiger charge is -2.52. The first-order valence-corrected chi connectivity index (χ1v) is 8.43. The zero-order valence-corrected chi connectivity index (χ0v) is 12.7. The Morgan fingerprint density at radius 3 is 2.50 bits per heavy atom. The van der Waals surface area contributed by atoms with Crippen LogP contribution in [0.5, 0.6) is 0 Å². The SMILES string of the molecule is NC1CCC(OCCCN2CC3(CCOCC3)C2)CC1. The number of hydrogen-bond donors (Lipinski definition) is 1. The molecule has 4 nitrogen and oxygen atoms in total. The Balaban J connectivity index is 1.23. The van der Waals surface area contributed by atoms with Crippen molar-refractivity contribution in [2.45, 2.75) is 57.1 Å². The van der Waals surface area contributed by atoms with Crippen molar-refractivity contribution in [3.8, 4) is 0 Å². The molecule has 2 aliphatic heterocycles. The minimum absolute atomic E-state index is 0.423. The van der Waals surface area contributed by atoms with Gasteiger partial charge in [0, 0.05) is 50.9 Å². The zero-order valence-electron chi connectivity index (χ0n) is 12.7. The molecule has 0 aromatic rings. The second-order valence-electron chi connectivity index (χ2n) is 7.08. The predicted molar refractivity (Wildman–Crippen MR) is 79.7 cm³/mol. The molecular formula is C16H30N2O2. The van der Waals surface area contributed by atoms with E-state index in [1.807, 2.05) is 0 Å². The first kappa shape index (κ1) is 14.8. The smallest absolute Gasteiger partial charge is 0.0576 e. The van der Waals surface area contributed by atoms with Crippen LogP contribution in [0.25, 0.3) is 0 Å². The van der Waals surface area contributed by atoms with Crippen molar-refractivity contribution in [1.29, 1.82) is 0 Å². The molecule has 3 rings (SSSR count). The molecule has 3 aliphatic rings. The number of ether oxygens (including phenoxy) is 2. The summed E-state index contributed by atoms with van der Waals surface area (Å²) < 4.78 is 11.4. The minimum atomic E-state index is 0.423. The van der Waals surface area contributed by atoms with Crippen LogP contribution in [0, 0.1) is 5.41 Å². The van der Waals surface area contributed by atoms with Crippen molar-refractivity contribution < 1.29 is 9.47 Å². The average Bonchev–Trinajstić information content (AvgIpc) is 2.44. The highest BCUT2D eigenvalue weighted by Crippen LogP contribution is 2.39. The molecule has 0 bridgehead atoms. The maximum Gasteiger partial charge on any atom is 0.0576 e. The molecule has 0 radical (unpaired) electrons. The molecule has 20 heavy (non-hydrogen) atoms. The molecule has 1 aliphatic carbocycles. The van der Waals surface area contributed by atoms with Gasteiger partial charge in [-0.1, -0.05) is 0 Å². The summed E-state index contributed by atoms with van der Waals surface area (Å²) in [7, 11) is 0. The molecule has 2 N–H and O–H groups in total. The van der Waals surface area contributed by atoms with Crippen LogP contribution in [0.15, 0.2) is 0 Å². The lowest BCUT2D eigenvalue weighted by molar-refractivity contribution is -0.0834. The summed E-state index contributed by atoms with van der Waals surface area (Å²) in [5.74, 6) is 0. The van der Waals surface area contributed by atoms with Gasteiger partial charge in [-0.2, -0.15) is 0 Å². The summed E-state index contributed by atoms with van der Waals surface area (Å²) in [5, 5.41) is 0. The molecular weight excluding hydrogens is 252 g/mol. The highest BCUT2D eigenvalue weighted by Gasteiger charge is 2.43. The molecule has 2 saturated heterocycles. The summed E-state index contributed by atoms with van der Waals surface area (Å²) >= 11 is 0. The van der Waals surface area contributed by atoms with Gasteiger partial charge in [-0.25, -0.2) is 0 Å². The number of nitrogens with two attached hydrogens (primary N) is 1. The lowest BCUT2D eigenvalue weighted by atomic mass is 9.73. The van der Waals surface area contributed by atoms with E-state index >= 15 is 0 Å². The third kappa shape index (κ3) is 3.73. The Kier molecular flexibility index (Phi) is 4.97. The van der Waals surface area contributed by atoms with Crippen LogP contribution >= 0.6 is 0 Å². The van der Waals surface area contributed by atoms with Crippen LogP contribution in [-0.4, -0.2) is 56.5 Å². The Hall–Kier alpha value is -0.160. The highest BCUT2D eigenvalue weighted by atomic mass is 16.5. The monoisotopic (exact) mass is 282 g/mol. The van der Waals surface area contributed by atoms with Gasteiger partial charge in [-0.15, -0.1) is 0 Å². The van der Waals surface area contributed by atoms with E-state index in [4.69, 9.17) is 15.2 Å². The van der Waals surface area contributed by atoms with Gasteiger partial charge in [0.1, 0.15) is 0 Å². The Labute approximate surface area is 123 Å². The van der Waals surface area contributed by atoms with E-state index in [-0.39, 0.29) is 0 Å². The molecule has 116 valence electrons. The molecule has 0 aromatic carbocycles. The van der Waals surface area contributed by atoms with E-state index in [0.717, 1.165) is 45.5 Å². The minimum Gasteiger partial charge on any atom is -0.381 e. The maximum absolute atomic E-state index is 5.99. The topological polar surface area (TPSA) is 47.7 Å². The molecule has 0 aromatic heterocycles. The van der Waals surface area contributed by atoms with E-state index in [1.165, 1.54) is 38.9 Å². The van der Waals surface area contributed by atoms with Gasteiger partial charge >= 0.3 is 0 Å². The molecule has 1 spiro atoms. The number of hydrogen-bond acceptors (Lipinski definition) is 4. The first-order valence-electron chi connectivity index (χ1n) is 8.43. The molecule has 4 heteroatoms. The van der Waals surface area contributed by atoms with Crippen molar-refractivity contribution >= 4 is 0 Å². The fourth-order valence-corrected chi connectivity index (χ4v) is 3.97. The maximum atomic E-state index is 5.99. The van der Waals surface area contributed by atoms with Crippen LogP contribution in [0.2, 0.25) is 0 Å². The van der Waals surface area contributed by atoms with Crippen molar-refractivity contribution in [2.75, 3.05) is 39.5 Å². The van der Waals surface area contributed by atoms with E-state index in [2.05, 4.69) is 4.90 Å². The summed E-state index contributed by atoms with van der Waals surface area (Å²) in [6, 6.07) is 0.423. The first-order chi connectivity index (χ1) is 9.76. The standard InChI is InChI=1S/C16H30N2O2/c17-14-2-4-15(5-3-14)20-9-1-8-18-12-16(13-18)6-10-19-11-7-16/h14-15H,1-13,17H2. The Bertz CT molecular complexity index is 289. The molecule has 1 saturated carbocycles. The summed E-state index contributed by atoms with van der Waals surface area (Å²) in [6.45, 7) is 6.65. The van der Waals surface area contributed by atoms with E-state index in [9.17, 15) is 0 Å². The second kappa shape index (κ2) is 6.73. The van der Waals surface area contributed by atoms with Crippen molar-refractivity contribution in [3.05, 3.63) is 0 Å². The van der Waals surface area contributed by atoms with Crippen molar-refractivity contribution in [3.63, 3.8) is 0 Å². The molecule has 0 unspecified atom stereocenters. The number of rotatable bonds is 5. The molecule has 0 atom stereocenters. The zero-order chi connectivity index (χ0) is 13.8. The second-order valence-corrected chi connectivity index (χ2v) is 7.08. The highest BCUT2D eigenvalue weighted by molar-refractivity contribution is 4.95. The number of nitrogens with zero attached hydrogens (tertiary/aromatic N) is 1. The molecule has 3 fully saturated rings. The van der Waals surface area contributed by atoms with Gasteiger partial charge in [-0.3, -0.25) is 0 Å². The van der Waals surface area contributed by atoms with Gasteiger partial charge < -0.3 is 20.1 Å². The van der Waals surface area contributed by atoms with Crippen molar-refractivity contribution in [1.82, 2.24) is 4.90 Å². The largest absolute Gasteiger partial charge is 0.381 e. The van der Waals surface area contributed by atoms with Gasteiger partial charge in [-0.05, 0) is 44.9 Å². The molecule has 0 amide bonds. The summed E-state index contributed by atoms with van der Waals surface area (Å²) in [6.07, 6.45) is 8.79. The molecule has 2 heterocycles.